The van der Waals surface area contributed by atoms with Crippen LogP contribution in [-0.4, -0.2) is 25.8 Å². The van der Waals surface area contributed by atoms with Crippen LogP contribution in [0.2, 0.25) is 5.02 Å². The van der Waals surface area contributed by atoms with Crippen LogP contribution in [0, 0.1) is 0 Å². The van der Waals surface area contributed by atoms with Crippen LogP contribution in [0.25, 0.3) is 0 Å². The molecular formula is C19H21ClN2O3S. The molecule has 3 rings (SSSR count). The SMILES string of the molecule is NS(=O)(=O)c1ccc2c(c1)CN(C(=O)CCCc1ccccc1Cl)CC2. The molecule has 1 amide bonds. The zero-order chi connectivity index (χ0) is 18.7. The standard InChI is InChI=1S/C19H21ClN2O3S/c20-18-6-2-1-4-15(18)5-3-7-19(23)22-11-10-14-8-9-17(26(21,24)25)12-16(14)13-22/h1-2,4,6,8-9,12H,3,5,7,10-11,13H2,(H2,21,24,25). The summed E-state index contributed by atoms with van der Waals surface area (Å²) in [5, 5.41) is 5.92. The number of primary sulfonamides is 1. The predicted molar refractivity (Wildman–Crippen MR) is 101 cm³/mol. The number of rotatable bonds is 5. The quantitative estimate of drug-likeness (QED) is 0.849. The topological polar surface area (TPSA) is 80.5 Å². The van der Waals surface area contributed by atoms with Gasteiger partial charge in [0.15, 0.2) is 0 Å². The summed E-state index contributed by atoms with van der Waals surface area (Å²) in [6.45, 7) is 1.07. The van der Waals surface area contributed by atoms with E-state index in [2.05, 4.69) is 0 Å². The highest BCUT2D eigenvalue weighted by molar-refractivity contribution is 7.89. The van der Waals surface area contributed by atoms with Gasteiger partial charge in [-0.05, 0) is 54.2 Å². The summed E-state index contributed by atoms with van der Waals surface area (Å²) in [7, 11) is -3.74. The Bertz CT molecular complexity index is 928. The maximum atomic E-state index is 12.5. The van der Waals surface area contributed by atoms with Crippen LogP contribution >= 0.6 is 11.6 Å². The first-order valence-electron chi connectivity index (χ1n) is 8.50. The number of sulfonamides is 1. The van der Waals surface area contributed by atoms with Crippen LogP contribution in [0.1, 0.15) is 29.5 Å². The van der Waals surface area contributed by atoms with Gasteiger partial charge in [-0.15, -0.1) is 0 Å². The number of amides is 1. The molecule has 138 valence electrons. The lowest BCUT2D eigenvalue weighted by molar-refractivity contribution is -0.132. The number of benzene rings is 2. The number of carbonyl (C=O) groups is 1. The number of nitrogens with two attached hydrogens (primary N) is 1. The Hall–Kier alpha value is -1.89. The van der Waals surface area contributed by atoms with E-state index in [1.54, 1.807) is 17.0 Å². The summed E-state index contributed by atoms with van der Waals surface area (Å²) in [5.74, 6) is 0.0729. The molecule has 0 radical (unpaired) electrons. The summed E-state index contributed by atoms with van der Waals surface area (Å²) in [4.78, 5) is 14.4. The van der Waals surface area contributed by atoms with Crippen molar-refractivity contribution < 1.29 is 13.2 Å². The zero-order valence-electron chi connectivity index (χ0n) is 14.3. The average molecular weight is 393 g/mol. The van der Waals surface area contributed by atoms with E-state index in [1.165, 1.54) is 6.07 Å². The second-order valence-electron chi connectivity index (χ2n) is 6.49. The van der Waals surface area contributed by atoms with Gasteiger partial charge in [-0.1, -0.05) is 35.9 Å². The van der Waals surface area contributed by atoms with Gasteiger partial charge in [0.05, 0.1) is 4.90 Å². The van der Waals surface area contributed by atoms with Gasteiger partial charge < -0.3 is 4.90 Å². The largest absolute Gasteiger partial charge is 0.338 e. The minimum Gasteiger partial charge on any atom is -0.338 e. The van der Waals surface area contributed by atoms with Crippen LogP contribution in [0.5, 0.6) is 0 Å². The lowest BCUT2D eigenvalue weighted by Gasteiger charge is -2.29. The Kier molecular flexibility index (Phi) is 5.65. The lowest BCUT2D eigenvalue weighted by atomic mass is 9.99. The Balaban J connectivity index is 1.61. The number of fused-ring (bicyclic) bond motifs is 1. The molecule has 0 saturated carbocycles. The van der Waals surface area contributed by atoms with E-state index >= 15 is 0 Å². The molecular weight excluding hydrogens is 372 g/mol. The molecule has 0 fully saturated rings. The van der Waals surface area contributed by atoms with Crippen molar-refractivity contribution in [3.8, 4) is 0 Å². The average Bonchev–Trinajstić information content (AvgIpc) is 2.61. The molecule has 5 nitrogen and oxygen atoms in total. The number of hydrogen-bond donors (Lipinski definition) is 1. The van der Waals surface area contributed by atoms with E-state index in [-0.39, 0.29) is 10.8 Å². The molecule has 1 heterocycles. The van der Waals surface area contributed by atoms with Crippen LogP contribution in [0.4, 0.5) is 0 Å². The van der Waals surface area contributed by atoms with Gasteiger partial charge in [-0.2, -0.15) is 0 Å². The van der Waals surface area contributed by atoms with E-state index in [0.29, 0.717) is 19.5 Å². The summed E-state index contributed by atoms with van der Waals surface area (Å²) in [6, 6.07) is 12.5. The first kappa shape index (κ1) is 18.9. The van der Waals surface area contributed by atoms with Crippen LogP contribution in [0.3, 0.4) is 0 Å². The van der Waals surface area contributed by atoms with Gasteiger partial charge >= 0.3 is 0 Å². The van der Waals surface area contributed by atoms with Crippen LogP contribution in [0.15, 0.2) is 47.4 Å². The minimum absolute atomic E-state index is 0.0729. The fraction of sp³-hybridized carbons (Fsp3) is 0.316. The molecule has 0 spiro atoms. The van der Waals surface area contributed by atoms with Crippen molar-refractivity contribution in [1.82, 2.24) is 4.90 Å². The first-order chi connectivity index (χ1) is 12.3. The van der Waals surface area contributed by atoms with Crippen molar-refractivity contribution in [3.05, 3.63) is 64.2 Å². The highest BCUT2D eigenvalue weighted by Crippen LogP contribution is 2.23. The Morgan fingerprint density at radius 1 is 1.15 bits per heavy atom. The van der Waals surface area contributed by atoms with Gasteiger partial charge in [0.2, 0.25) is 15.9 Å². The number of carbonyl (C=O) groups excluding carboxylic acids is 1. The van der Waals surface area contributed by atoms with Crippen molar-refractivity contribution in [3.63, 3.8) is 0 Å². The lowest BCUT2D eigenvalue weighted by Crippen LogP contribution is -2.36. The normalized spacial score (nSPS) is 14.2. The van der Waals surface area contributed by atoms with E-state index in [0.717, 1.165) is 41.0 Å². The number of halogens is 1. The molecule has 1 aliphatic rings. The minimum atomic E-state index is -3.74. The fourth-order valence-corrected chi connectivity index (χ4v) is 4.01. The van der Waals surface area contributed by atoms with Gasteiger partial charge in [0.25, 0.3) is 0 Å². The van der Waals surface area contributed by atoms with Gasteiger partial charge in [-0.25, -0.2) is 13.6 Å². The Morgan fingerprint density at radius 3 is 2.65 bits per heavy atom. The van der Waals surface area contributed by atoms with Gasteiger partial charge in [-0.3, -0.25) is 4.79 Å². The molecule has 2 aromatic carbocycles. The smallest absolute Gasteiger partial charge is 0.238 e. The second kappa shape index (κ2) is 7.78. The highest BCUT2D eigenvalue weighted by atomic mass is 35.5. The molecule has 7 heteroatoms. The third-order valence-electron chi connectivity index (χ3n) is 4.67. The second-order valence-corrected chi connectivity index (χ2v) is 8.45. The first-order valence-corrected chi connectivity index (χ1v) is 10.4. The maximum absolute atomic E-state index is 12.5. The number of nitrogens with zero attached hydrogens (tertiary/aromatic N) is 1. The Labute approximate surface area is 158 Å². The molecule has 0 aromatic heterocycles. The van der Waals surface area contributed by atoms with E-state index in [9.17, 15) is 13.2 Å². The Morgan fingerprint density at radius 2 is 1.92 bits per heavy atom. The maximum Gasteiger partial charge on any atom is 0.238 e. The van der Waals surface area contributed by atoms with Crippen molar-refractivity contribution in [1.29, 1.82) is 0 Å². The monoisotopic (exact) mass is 392 g/mol. The third-order valence-corrected chi connectivity index (χ3v) is 5.95. The molecule has 1 aliphatic heterocycles. The van der Waals surface area contributed by atoms with Gasteiger partial charge in [0, 0.05) is 24.5 Å². The van der Waals surface area contributed by atoms with Crippen molar-refractivity contribution in [2.75, 3.05) is 6.54 Å². The van der Waals surface area contributed by atoms with Crippen molar-refractivity contribution >= 4 is 27.5 Å². The molecule has 0 bridgehead atoms. The van der Waals surface area contributed by atoms with E-state index < -0.39 is 10.0 Å². The third kappa shape index (κ3) is 4.44. The number of hydrogen-bond acceptors (Lipinski definition) is 3. The predicted octanol–water partition coefficient (Wildman–Crippen LogP) is 2.90. The summed E-state index contributed by atoms with van der Waals surface area (Å²) in [6.07, 6.45) is 2.64. The highest BCUT2D eigenvalue weighted by Gasteiger charge is 2.22. The van der Waals surface area contributed by atoms with Crippen LogP contribution < -0.4 is 5.14 Å². The van der Waals surface area contributed by atoms with Crippen molar-refractivity contribution in [2.24, 2.45) is 5.14 Å². The summed E-state index contributed by atoms with van der Waals surface area (Å²) < 4.78 is 23.0. The van der Waals surface area contributed by atoms with Gasteiger partial charge in [0.1, 0.15) is 0 Å². The fourth-order valence-electron chi connectivity index (χ4n) is 3.21. The molecule has 0 atom stereocenters. The summed E-state index contributed by atoms with van der Waals surface area (Å²) in [5.41, 5.74) is 2.96. The number of aryl methyl sites for hydroxylation is 1. The van der Waals surface area contributed by atoms with Crippen molar-refractivity contribution in [2.45, 2.75) is 37.1 Å². The molecule has 2 N–H and O–H groups in total. The summed E-state index contributed by atoms with van der Waals surface area (Å²) >= 11 is 6.14. The molecule has 0 unspecified atom stereocenters. The molecule has 26 heavy (non-hydrogen) atoms. The molecule has 0 aliphatic carbocycles. The van der Waals surface area contributed by atoms with Crippen LogP contribution in [-0.2, 0) is 34.2 Å². The zero-order valence-corrected chi connectivity index (χ0v) is 15.9. The molecule has 0 saturated heterocycles. The molecule has 2 aromatic rings. The van der Waals surface area contributed by atoms with E-state index in [1.807, 2.05) is 24.3 Å². The van der Waals surface area contributed by atoms with E-state index in [4.69, 9.17) is 16.7 Å².